The molecule has 4 fully saturated rings. The van der Waals surface area contributed by atoms with Crippen molar-refractivity contribution >= 4 is 0 Å². The zero-order valence-electron chi connectivity index (χ0n) is 16.5. The Labute approximate surface area is 166 Å². The van der Waals surface area contributed by atoms with E-state index >= 15 is 0 Å². The monoisotopic (exact) mass is 378 g/mol. The first-order valence-corrected chi connectivity index (χ1v) is 11.1. The molecule has 0 bridgehead atoms. The maximum Gasteiger partial charge on any atom is 0.229 e. The third-order valence-corrected chi connectivity index (χ3v) is 7.86. The second-order valence-electron chi connectivity index (χ2n) is 9.83. The van der Waals surface area contributed by atoms with Crippen LogP contribution in [0.1, 0.15) is 74.1 Å². The molecule has 6 rings (SSSR count). The summed E-state index contributed by atoms with van der Waals surface area (Å²) in [5, 5.41) is 11.7. The van der Waals surface area contributed by atoms with E-state index in [0.717, 1.165) is 18.3 Å². The Morgan fingerprint density at radius 3 is 2.61 bits per heavy atom. The van der Waals surface area contributed by atoms with Gasteiger partial charge in [-0.15, -0.1) is 0 Å². The van der Waals surface area contributed by atoms with Gasteiger partial charge in [-0.1, -0.05) is 35.5 Å². The molecule has 3 saturated carbocycles. The van der Waals surface area contributed by atoms with Crippen molar-refractivity contribution in [3.05, 3.63) is 47.6 Å². The first-order valence-electron chi connectivity index (χ1n) is 11.1. The average Bonchev–Trinajstić information content (AvgIpc) is 3.63. The van der Waals surface area contributed by atoms with Gasteiger partial charge in [0.2, 0.25) is 5.89 Å². The number of hydrogen-bond acceptors (Lipinski definition) is 5. The Bertz CT molecular complexity index is 829. The van der Waals surface area contributed by atoms with Crippen molar-refractivity contribution in [3.63, 3.8) is 0 Å². The Kier molecular flexibility index (Phi) is 3.92. The molecule has 148 valence electrons. The number of benzene rings is 1. The highest BCUT2D eigenvalue weighted by Crippen LogP contribution is 2.56. The van der Waals surface area contributed by atoms with Crippen molar-refractivity contribution < 1.29 is 4.52 Å². The van der Waals surface area contributed by atoms with Crippen molar-refractivity contribution in [2.75, 3.05) is 19.6 Å². The zero-order chi connectivity index (χ0) is 18.6. The van der Waals surface area contributed by atoms with Crippen LogP contribution in [0.4, 0.5) is 0 Å². The molecule has 2 heterocycles. The van der Waals surface area contributed by atoms with Crippen LogP contribution in [-0.2, 0) is 5.41 Å². The summed E-state index contributed by atoms with van der Waals surface area (Å²) in [7, 11) is 0. The normalized spacial score (nSPS) is 30.1. The quantitative estimate of drug-likeness (QED) is 0.806. The predicted octanol–water partition coefficient (Wildman–Crippen LogP) is 3.49. The van der Waals surface area contributed by atoms with E-state index in [1.165, 1.54) is 63.6 Å². The largest absolute Gasteiger partial charge is 0.339 e. The summed E-state index contributed by atoms with van der Waals surface area (Å²) in [4.78, 5) is 4.89. The summed E-state index contributed by atoms with van der Waals surface area (Å²) >= 11 is 0. The summed E-state index contributed by atoms with van der Waals surface area (Å²) < 4.78 is 5.74. The molecule has 1 saturated heterocycles. The van der Waals surface area contributed by atoms with Crippen LogP contribution < -0.4 is 10.6 Å². The minimum atomic E-state index is 0.127. The molecule has 28 heavy (non-hydrogen) atoms. The minimum Gasteiger partial charge on any atom is -0.339 e. The lowest BCUT2D eigenvalue weighted by atomic mass is 9.58. The molecule has 1 spiro atoms. The lowest BCUT2D eigenvalue weighted by molar-refractivity contribution is 0.0461. The van der Waals surface area contributed by atoms with Gasteiger partial charge < -0.3 is 15.2 Å². The van der Waals surface area contributed by atoms with E-state index in [2.05, 4.69) is 46.1 Å². The van der Waals surface area contributed by atoms with Gasteiger partial charge in [-0.05, 0) is 69.0 Å². The highest BCUT2D eigenvalue weighted by atomic mass is 16.5. The van der Waals surface area contributed by atoms with E-state index in [1.54, 1.807) is 0 Å². The molecule has 4 aliphatic rings. The molecule has 1 unspecified atom stereocenters. The second-order valence-corrected chi connectivity index (χ2v) is 9.83. The lowest BCUT2D eigenvalue weighted by Gasteiger charge is -2.49. The Hall–Kier alpha value is -1.72. The van der Waals surface area contributed by atoms with Crippen molar-refractivity contribution in [2.24, 2.45) is 5.41 Å². The number of hydrogen-bond donors (Lipinski definition) is 2. The zero-order valence-corrected chi connectivity index (χ0v) is 16.5. The van der Waals surface area contributed by atoms with Gasteiger partial charge in [0.05, 0.1) is 0 Å². The van der Waals surface area contributed by atoms with Crippen LogP contribution in [0.15, 0.2) is 34.9 Å². The smallest absolute Gasteiger partial charge is 0.229 e. The number of rotatable bonds is 6. The van der Waals surface area contributed by atoms with Gasteiger partial charge in [0.1, 0.15) is 0 Å². The summed E-state index contributed by atoms with van der Waals surface area (Å²) in [6.45, 7) is 3.32. The van der Waals surface area contributed by atoms with Gasteiger partial charge in [-0.25, -0.2) is 0 Å². The van der Waals surface area contributed by atoms with E-state index in [0.29, 0.717) is 23.3 Å². The van der Waals surface area contributed by atoms with Gasteiger partial charge in [-0.2, -0.15) is 4.98 Å². The number of piperidine rings is 1. The summed E-state index contributed by atoms with van der Waals surface area (Å²) in [5.41, 5.74) is 2.15. The van der Waals surface area contributed by atoms with Crippen LogP contribution in [0.5, 0.6) is 0 Å². The topological polar surface area (TPSA) is 63.0 Å². The van der Waals surface area contributed by atoms with Crippen molar-refractivity contribution in [2.45, 2.75) is 68.2 Å². The van der Waals surface area contributed by atoms with Crippen molar-refractivity contribution in [3.8, 4) is 0 Å². The predicted molar refractivity (Wildman–Crippen MR) is 107 cm³/mol. The molecule has 2 N–H and O–H groups in total. The highest BCUT2D eigenvalue weighted by Gasteiger charge is 2.52. The van der Waals surface area contributed by atoms with E-state index in [9.17, 15) is 0 Å². The second kappa shape index (κ2) is 6.39. The van der Waals surface area contributed by atoms with E-state index < -0.39 is 0 Å². The molecule has 1 aliphatic heterocycles. The molecular weight excluding hydrogens is 348 g/mol. The van der Waals surface area contributed by atoms with Crippen LogP contribution in [-0.4, -0.2) is 35.8 Å². The van der Waals surface area contributed by atoms with Gasteiger partial charge in [-0.3, -0.25) is 0 Å². The third kappa shape index (κ3) is 3.00. The summed E-state index contributed by atoms with van der Waals surface area (Å²) in [6.07, 6.45) is 8.70. The van der Waals surface area contributed by atoms with E-state index in [-0.39, 0.29) is 5.41 Å². The number of aromatic nitrogens is 2. The maximum atomic E-state index is 5.74. The molecule has 1 aromatic carbocycles. The van der Waals surface area contributed by atoms with Gasteiger partial charge in [0.15, 0.2) is 5.82 Å². The van der Waals surface area contributed by atoms with E-state index in [1.807, 2.05) is 0 Å². The molecule has 2 aromatic rings. The van der Waals surface area contributed by atoms with Crippen LogP contribution in [0, 0.1) is 5.41 Å². The van der Waals surface area contributed by atoms with Crippen molar-refractivity contribution in [1.29, 1.82) is 0 Å². The van der Waals surface area contributed by atoms with E-state index in [4.69, 9.17) is 9.51 Å². The number of nitrogens with zero attached hydrogens (tertiary/aromatic N) is 2. The minimum absolute atomic E-state index is 0.127. The first-order chi connectivity index (χ1) is 13.8. The Balaban J connectivity index is 1.05. The van der Waals surface area contributed by atoms with Gasteiger partial charge in [0, 0.05) is 29.8 Å². The van der Waals surface area contributed by atoms with Crippen molar-refractivity contribution in [1.82, 2.24) is 20.8 Å². The lowest BCUT2D eigenvalue weighted by Crippen LogP contribution is -2.44. The molecule has 5 nitrogen and oxygen atoms in total. The molecular formula is C23H30N4O. The Morgan fingerprint density at radius 2 is 1.86 bits per heavy atom. The van der Waals surface area contributed by atoms with Crippen LogP contribution in [0.3, 0.4) is 0 Å². The average molecular weight is 379 g/mol. The number of nitrogens with one attached hydrogen (secondary N) is 2. The molecule has 5 heteroatoms. The summed E-state index contributed by atoms with van der Waals surface area (Å²) in [6, 6.07) is 11.5. The standard InChI is InChI=1S/C23H30N4O/c1-2-4-16(5-3-1)18-12-19(18)25-15-23(6-7-23)21-26-20(28-27-21)17-13-22(14-17)8-10-24-11-9-22/h1-5,17-19,24-25H,6-15H2/t18-,19?/m1/s1. The SMILES string of the molecule is c1ccc([C@H]2CC2NCC2(c3noc(C4CC5(CCNCC5)C4)n3)CC2)cc1. The fourth-order valence-corrected chi connectivity index (χ4v) is 5.59. The third-order valence-electron chi connectivity index (χ3n) is 7.86. The first kappa shape index (κ1) is 17.2. The van der Waals surface area contributed by atoms with Gasteiger partial charge >= 0.3 is 0 Å². The van der Waals surface area contributed by atoms with Crippen LogP contribution in [0.25, 0.3) is 0 Å². The molecule has 3 aliphatic carbocycles. The maximum absolute atomic E-state index is 5.74. The molecule has 0 radical (unpaired) electrons. The fraction of sp³-hybridized carbons (Fsp3) is 0.652. The summed E-state index contributed by atoms with van der Waals surface area (Å²) in [5.74, 6) is 3.03. The fourth-order valence-electron chi connectivity index (χ4n) is 5.59. The van der Waals surface area contributed by atoms with Crippen LogP contribution in [0.2, 0.25) is 0 Å². The Morgan fingerprint density at radius 1 is 1.07 bits per heavy atom. The highest BCUT2D eigenvalue weighted by molar-refractivity contribution is 5.28. The molecule has 0 amide bonds. The van der Waals surface area contributed by atoms with Crippen LogP contribution >= 0.6 is 0 Å². The van der Waals surface area contributed by atoms with Gasteiger partial charge in [0.25, 0.3) is 0 Å². The molecule has 1 aromatic heterocycles. The molecule has 2 atom stereocenters.